The maximum Gasteiger partial charge on any atom is 0.351 e. The van der Waals surface area contributed by atoms with Crippen molar-refractivity contribution in [2.45, 2.75) is 0 Å². The highest BCUT2D eigenvalue weighted by Gasteiger charge is 2.19. The average Bonchev–Trinajstić information content (AvgIpc) is 2.80. The van der Waals surface area contributed by atoms with E-state index in [4.69, 9.17) is 11.6 Å². The summed E-state index contributed by atoms with van der Waals surface area (Å²) in [6, 6.07) is 9.71. The number of esters is 1. The highest BCUT2D eigenvalue weighted by atomic mass is 35.5. The number of aromatic nitrogens is 1. The Balaban J connectivity index is 2.32. The van der Waals surface area contributed by atoms with Gasteiger partial charge in [-0.05, 0) is 12.1 Å². The van der Waals surface area contributed by atoms with Gasteiger partial charge in [-0.15, -0.1) is 0 Å². The van der Waals surface area contributed by atoms with E-state index in [2.05, 4.69) is 9.72 Å². The van der Waals surface area contributed by atoms with Crippen molar-refractivity contribution in [2.24, 2.45) is 0 Å². The normalized spacial score (nSPS) is 10.2. The second kappa shape index (κ2) is 5.37. The van der Waals surface area contributed by atoms with E-state index >= 15 is 0 Å². The fourth-order valence-corrected chi connectivity index (χ4v) is 2.60. The van der Waals surface area contributed by atoms with Crippen molar-refractivity contribution < 1.29 is 9.53 Å². The van der Waals surface area contributed by atoms with Crippen LogP contribution in [0.4, 0.5) is 10.8 Å². The summed E-state index contributed by atoms with van der Waals surface area (Å²) in [4.78, 5) is 17.8. The van der Waals surface area contributed by atoms with Crippen LogP contribution in [0.2, 0.25) is 5.15 Å². The lowest BCUT2D eigenvalue weighted by atomic mass is 10.3. The minimum Gasteiger partial charge on any atom is -0.465 e. The van der Waals surface area contributed by atoms with Crippen LogP contribution >= 0.6 is 22.9 Å². The zero-order valence-corrected chi connectivity index (χ0v) is 11.5. The van der Waals surface area contributed by atoms with E-state index in [1.54, 1.807) is 0 Å². The molecule has 0 N–H and O–H groups in total. The van der Waals surface area contributed by atoms with Gasteiger partial charge in [0.15, 0.2) is 15.2 Å². The molecule has 18 heavy (non-hydrogen) atoms. The summed E-state index contributed by atoms with van der Waals surface area (Å²) in [5.41, 5.74) is 0.972. The molecule has 2 aromatic rings. The van der Waals surface area contributed by atoms with E-state index in [9.17, 15) is 4.79 Å². The molecule has 1 heterocycles. The Bertz CT molecular complexity index is 556. The van der Waals surface area contributed by atoms with Crippen LogP contribution in [0.25, 0.3) is 0 Å². The summed E-state index contributed by atoms with van der Waals surface area (Å²) in [7, 11) is 3.19. The first kappa shape index (κ1) is 12.9. The number of methoxy groups -OCH3 is 1. The number of anilines is 2. The largest absolute Gasteiger partial charge is 0.465 e. The van der Waals surface area contributed by atoms with Gasteiger partial charge >= 0.3 is 5.97 Å². The molecule has 0 fully saturated rings. The van der Waals surface area contributed by atoms with Gasteiger partial charge in [-0.25, -0.2) is 9.78 Å². The van der Waals surface area contributed by atoms with Gasteiger partial charge in [-0.1, -0.05) is 41.1 Å². The second-order valence-electron chi connectivity index (χ2n) is 3.50. The van der Waals surface area contributed by atoms with Gasteiger partial charge in [0.05, 0.1) is 7.11 Å². The summed E-state index contributed by atoms with van der Waals surface area (Å²) in [6.07, 6.45) is 0. The van der Waals surface area contributed by atoms with Gasteiger partial charge in [0.25, 0.3) is 0 Å². The summed E-state index contributed by atoms with van der Waals surface area (Å²) in [5, 5.41) is 0.816. The highest BCUT2D eigenvalue weighted by molar-refractivity contribution is 7.18. The first-order valence-corrected chi connectivity index (χ1v) is 6.36. The van der Waals surface area contributed by atoms with Crippen molar-refractivity contribution in [3.63, 3.8) is 0 Å². The Morgan fingerprint density at radius 3 is 2.67 bits per heavy atom. The van der Waals surface area contributed by atoms with Crippen LogP contribution in [0.15, 0.2) is 30.3 Å². The third kappa shape index (κ3) is 2.47. The smallest absolute Gasteiger partial charge is 0.351 e. The molecular formula is C12H11ClN2O2S. The highest BCUT2D eigenvalue weighted by Crippen LogP contribution is 2.33. The average molecular weight is 283 g/mol. The van der Waals surface area contributed by atoms with Crippen LogP contribution in [0, 0.1) is 0 Å². The quantitative estimate of drug-likeness (QED) is 0.810. The van der Waals surface area contributed by atoms with Crippen LogP contribution in [0.3, 0.4) is 0 Å². The number of rotatable bonds is 3. The predicted molar refractivity (Wildman–Crippen MR) is 73.0 cm³/mol. The number of thiazole rings is 1. The number of carbonyl (C=O) groups excluding carboxylic acids is 1. The first-order chi connectivity index (χ1) is 8.63. The summed E-state index contributed by atoms with van der Waals surface area (Å²) in [6.45, 7) is 0. The van der Waals surface area contributed by atoms with Gasteiger partial charge in [0, 0.05) is 12.7 Å². The van der Waals surface area contributed by atoms with Gasteiger partial charge < -0.3 is 9.64 Å². The van der Waals surface area contributed by atoms with Gasteiger partial charge in [0.2, 0.25) is 0 Å². The minimum absolute atomic E-state index is 0.171. The van der Waals surface area contributed by atoms with Crippen LogP contribution in [-0.2, 0) is 4.74 Å². The minimum atomic E-state index is -0.467. The van der Waals surface area contributed by atoms with Crippen LogP contribution in [0.5, 0.6) is 0 Å². The van der Waals surface area contributed by atoms with E-state index in [-0.39, 0.29) is 5.15 Å². The number of halogens is 1. The monoisotopic (exact) mass is 282 g/mol. The molecule has 6 heteroatoms. The Morgan fingerprint density at radius 1 is 1.39 bits per heavy atom. The molecular weight excluding hydrogens is 272 g/mol. The summed E-state index contributed by atoms with van der Waals surface area (Å²) < 4.78 is 4.64. The number of hydrogen-bond donors (Lipinski definition) is 0. The Labute approximate surface area is 114 Å². The van der Waals surface area contributed by atoms with Crippen LogP contribution in [-0.4, -0.2) is 25.1 Å². The summed E-state index contributed by atoms with van der Waals surface area (Å²) >= 11 is 7.13. The zero-order chi connectivity index (χ0) is 13.1. The summed E-state index contributed by atoms with van der Waals surface area (Å²) in [5.74, 6) is -0.467. The van der Waals surface area contributed by atoms with Gasteiger partial charge in [-0.2, -0.15) is 0 Å². The number of hydrogen-bond acceptors (Lipinski definition) is 5. The van der Waals surface area contributed by atoms with E-state index in [0.717, 1.165) is 5.69 Å². The molecule has 1 aromatic heterocycles. The fourth-order valence-electron chi connectivity index (χ4n) is 1.42. The van der Waals surface area contributed by atoms with E-state index in [0.29, 0.717) is 10.0 Å². The van der Waals surface area contributed by atoms with Crippen molar-refractivity contribution in [2.75, 3.05) is 19.1 Å². The van der Waals surface area contributed by atoms with E-state index < -0.39 is 5.97 Å². The number of carbonyl (C=O) groups is 1. The molecule has 0 amide bonds. The number of benzene rings is 1. The van der Waals surface area contributed by atoms with E-state index in [1.807, 2.05) is 42.3 Å². The van der Waals surface area contributed by atoms with Crippen LogP contribution < -0.4 is 4.90 Å². The standard InChI is InChI=1S/C12H11ClN2O2S/c1-15(8-6-4-3-5-7-8)12-14-10(13)9(18-12)11(16)17-2/h3-7H,1-2H3. The molecule has 0 spiro atoms. The molecule has 4 nitrogen and oxygen atoms in total. The molecule has 0 aliphatic carbocycles. The number of nitrogens with zero attached hydrogens (tertiary/aromatic N) is 2. The lowest BCUT2D eigenvalue weighted by molar-refractivity contribution is 0.0606. The van der Waals surface area contributed by atoms with Crippen molar-refractivity contribution in [1.29, 1.82) is 0 Å². The fraction of sp³-hybridized carbons (Fsp3) is 0.167. The maximum atomic E-state index is 11.5. The Kier molecular flexibility index (Phi) is 3.84. The van der Waals surface area contributed by atoms with Gasteiger partial charge in [0.1, 0.15) is 0 Å². The number of ether oxygens (including phenoxy) is 1. The first-order valence-electron chi connectivity index (χ1n) is 5.17. The van der Waals surface area contributed by atoms with Gasteiger partial charge in [-0.3, -0.25) is 0 Å². The molecule has 0 atom stereocenters. The molecule has 0 bridgehead atoms. The molecule has 0 unspecified atom stereocenters. The predicted octanol–water partition coefficient (Wildman–Crippen LogP) is 3.35. The van der Waals surface area contributed by atoms with Crippen LogP contribution in [0.1, 0.15) is 9.67 Å². The molecule has 0 saturated carbocycles. The van der Waals surface area contributed by atoms with Crippen molar-refractivity contribution >= 4 is 39.7 Å². The molecule has 0 radical (unpaired) electrons. The second-order valence-corrected chi connectivity index (χ2v) is 4.84. The lowest BCUT2D eigenvalue weighted by Crippen LogP contribution is -2.08. The van der Waals surface area contributed by atoms with Crippen molar-refractivity contribution in [1.82, 2.24) is 4.98 Å². The molecule has 0 saturated heterocycles. The molecule has 0 aliphatic heterocycles. The lowest BCUT2D eigenvalue weighted by Gasteiger charge is -2.15. The Hall–Kier alpha value is -1.59. The molecule has 94 valence electrons. The van der Waals surface area contributed by atoms with Crippen molar-refractivity contribution in [3.05, 3.63) is 40.4 Å². The third-order valence-electron chi connectivity index (χ3n) is 2.38. The zero-order valence-electron chi connectivity index (χ0n) is 9.88. The van der Waals surface area contributed by atoms with Crippen molar-refractivity contribution in [3.8, 4) is 0 Å². The number of para-hydroxylation sites is 1. The Morgan fingerprint density at radius 2 is 2.06 bits per heavy atom. The molecule has 0 aliphatic rings. The SMILES string of the molecule is COC(=O)c1sc(N(C)c2ccccc2)nc1Cl. The molecule has 1 aromatic carbocycles. The topological polar surface area (TPSA) is 42.4 Å². The molecule has 2 rings (SSSR count). The van der Waals surface area contributed by atoms with E-state index in [1.165, 1.54) is 18.4 Å². The third-order valence-corrected chi connectivity index (χ3v) is 3.87. The maximum absolute atomic E-state index is 11.5.